The molecule has 0 bridgehead atoms. The van der Waals surface area contributed by atoms with Gasteiger partial charge in [-0.25, -0.2) is 0 Å². The van der Waals surface area contributed by atoms with Crippen molar-refractivity contribution in [1.82, 2.24) is 4.90 Å². The van der Waals surface area contributed by atoms with Crippen molar-refractivity contribution in [1.29, 1.82) is 0 Å². The molecule has 2 rings (SSSR count). The maximum absolute atomic E-state index is 12.7. The van der Waals surface area contributed by atoms with E-state index >= 15 is 0 Å². The molecule has 1 saturated heterocycles. The molecular weight excluding hydrogens is 252 g/mol. The van der Waals surface area contributed by atoms with Crippen molar-refractivity contribution in [2.24, 2.45) is 5.92 Å². The van der Waals surface area contributed by atoms with Gasteiger partial charge >= 0.3 is 0 Å². The van der Waals surface area contributed by atoms with E-state index in [0.29, 0.717) is 29.5 Å². The Kier molecular flexibility index (Phi) is 4.88. The largest absolute Gasteiger partial charge is 0.493 e. The van der Waals surface area contributed by atoms with Gasteiger partial charge in [-0.15, -0.1) is 0 Å². The second-order valence-electron chi connectivity index (χ2n) is 5.35. The molecule has 4 heteroatoms. The summed E-state index contributed by atoms with van der Waals surface area (Å²) in [4.78, 5) is 14.6. The van der Waals surface area contributed by atoms with Crippen molar-refractivity contribution in [3.05, 3.63) is 23.8 Å². The van der Waals surface area contributed by atoms with Crippen LogP contribution in [0.4, 0.5) is 5.69 Å². The molecule has 1 aromatic carbocycles. The first-order chi connectivity index (χ1) is 9.67. The van der Waals surface area contributed by atoms with Crippen molar-refractivity contribution in [2.75, 3.05) is 25.4 Å². The Labute approximate surface area is 120 Å². The highest BCUT2D eigenvalue weighted by Crippen LogP contribution is 2.29. The predicted molar refractivity (Wildman–Crippen MR) is 80.9 cm³/mol. The lowest BCUT2D eigenvalue weighted by Crippen LogP contribution is -2.29. The van der Waals surface area contributed by atoms with E-state index < -0.39 is 0 Å². The molecule has 0 aromatic heterocycles. The third kappa shape index (κ3) is 3.06. The Balaban J connectivity index is 2.17. The van der Waals surface area contributed by atoms with Crippen LogP contribution in [0.2, 0.25) is 0 Å². The van der Waals surface area contributed by atoms with Crippen LogP contribution in [0.15, 0.2) is 18.2 Å². The summed E-state index contributed by atoms with van der Waals surface area (Å²) < 4.78 is 5.55. The lowest BCUT2D eigenvalue weighted by atomic mass is 10.0. The number of carbonyl (C=O) groups excluding carboxylic acids is 1. The Bertz CT molecular complexity index is 474. The SMILES string of the molecule is CCCC1CCN(C(=O)c2c(N)cccc2OCC)C1. The lowest BCUT2D eigenvalue weighted by Gasteiger charge is -2.19. The van der Waals surface area contributed by atoms with Crippen molar-refractivity contribution in [3.63, 3.8) is 0 Å². The normalized spacial score (nSPS) is 18.3. The summed E-state index contributed by atoms with van der Waals surface area (Å²) >= 11 is 0. The first-order valence-electron chi connectivity index (χ1n) is 7.47. The lowest BCUT2D eigenvalue weighted by molar-refractivity contribution is 0.0783. The van der Waals surface area contributed by atoms with Gasteiger partial charge in [-0.3, -0.25) is 4.79 Å². The Morgan fingerprint density at radius 1 is 1.45 bits per heavy atom. The topological polar surface area (TPSA) is 55.6 Å². The highest BCUT2D eigenvalue weighted by Gasteiger charge is 2.29. The molecule has 1 aliphatic rings. The Morgan fingerprint density at radius 3 is 2.95 bits per heavy atom. The fourth-order valence-electron chi connectivity index (χ4n) is 2.87. The number of anilines is 1. The van der Waals surface area contributed by atoms with Crippen LogP contribution in [-0.2, 0) is 0 Å². The quantitative estimate of drug-likeness (QED) is 0.841. The van der Waals surface area contributed by atoms with Crippen LogP contribution < -0.4 is 10.5 Å². The molecule has 1 amide bonds. The number of nitrogen functional groups attached to an aromatic ring is 1. The summed E-state index contributed by atoms with van der Waals surface area (Å²) in [5, 5.41) is 0. The molecule has 1 aliphatic heterocycles. The number of nitrogens with two attached hydrogens (primary N) is 1. The number of likely N-dealkylation sites (tertiary alicyclic amines) is 1. The van der Waals surface area contributed by atoms with Gasteiger partial charge in [0.25, 0.3) is 5.91 Å². The molecule has 0 radical (unpaired) electrons. The predicted octanol–water partition coefficient (Wildman–Crippen LogP) is 2.93. The second kappa shape index (κ2) is 6.64. The molecule has 2 N–H and O–H groups in total. The zero-order valence-electron chi connectivity index (χ0n) is 12.4. The fraction of sp³-hybridized carbons (Fsp3) is 0.562. The van der Waals surface area contributed by atoms with E-state index in [-0.39, 0.29) is 5.91 Å². The number of hydrogen-bond donors (Lipinski definition) is 1. The molecule has 1 heterocycles. The molecule has 20 heavy (non-hydrogen) atoms. The molecule has 1 unspecified atom stereocenters. The van der Waals surface area contributed by atoms with Crippen LogP contribution in [-0.4, -0.2) is 30.5 Å². The summed E-state index contributed by atoms with van der Waals surface area (Å²) in [6, 6.07) is 5.39. The number of rotatable bonds is 5. The number of carbonyl (C=O) groups is 1. The smallest absolute Gasteiger partial charge is 0.259 e. The maximum Gasteiger partial charge on any atom is 0.259 e. The highest BCUT2D eigenvalue weighted by molar-refractivity contribution is 6.02. The van der Waals surface area contributed by atoms with Gasteiger partial charge in [0.15, 0.2) is 0 Å². The van der Waals surface area contributed by atoms with Gasteiger partial charge in [0.05, 0.1) is 6.61 Å². The summed E-state index contributed by atoms with van der Waals surface area (Å²) in [7, 11) is 0. The molecule has 4 nitrogen and oxygen atoms in total. The van der Waals surface area contributed by atoms with Crippen LogP contribution in [0.3, 0.4) is 0 Å². The van der Waals surface area contributed by atoms with Gasteiger partial charge in [-0.1, -0.05) is 19.4 Å². The minimum Gasteiger partial charge on any atom is -0.493 e. The summed E-state index contributed by atoms with van der Waals surface area (Å²) in [6.07, 6.45) is 3.45. The highest BCUT2D eigenvalue weighted by atomic mass is 16.5. The Morgan fingerprint density at radius 2 is 2.25 bits per heavy atom. The van der Waals surface area contributed by atoms with E-state index in [0.717, 1.165) is 19.5 Å². The number of ether oxygens (including phenoxy) is 1. The van der Waals surface area contributed by atoms with Gasteiger partial charge in [0.1, 0.15) is 11.3 Å². The standard InChI is InChI=1S/C16H24N2O2/c1-3-6-12-9-10-18(11-12)16(19)15-13(17)7-5-8-14(15)20-4-2/h5,7-8,12H,3-4,6,9-11,17H2,1-2H3. The first-order valence-corrected chi connectivity index (χ1v) is 7.47. The van der Waals surface area contributed by atoms with Crippen LogP contribution in [0.1, 0.15) is 43.5 Å². The van der Waals surface area contributed by atoms with Crippen LogP contribution in [0.25, 0.3) is 0 Å². The number of benzene rings is 1. The van der Waals surface area contributed by atoms with E-state index in [2.05, 4.69) is 6.92 Å². The fourth-order valence-corrected chi connectivity index (χ4v) is 2.87. The van der Waals surface area contributed by atoms with Gasteiger partial charge in [0.2, 0.25) is 0 Å². The molecule has 0 aliphatic carbocycles. The van der Waals surface area contributed by atoms with E-state index in [1.165, 1.54) is 12.8 Å². The zero-order valence-corrected chi connectivity index (χ0v) is 12.4. The molecule has 1 aromatic rings. The van der Waals surface area contributed by atoms with Gasteiger partial charge < -0.3 is 15.4 Å². The molecule has 0 spiro atoms. The van der Waals surface area contributed by atoms with E-state index in [1.54, 1.807) is 6.07 Å². The number of nitrogens with zero attached hydrogens (tertiary/aromatic N) is 1. The first kappa shape index (κ1) is 14.7. The average molecular weight is 276 g/mol. The zero-order chi connectivity index (χ0) is 14.5. The van der Waals surface area contributed by atoms with Crippen LogP contribution in [0, 0.1) is 5.92 Å². The maximum atomic E-state index is 12.7. The summed E-state index contributed by atoms with van der Waals surface area (Å²) in [5.74, 6) is 1.23. The minimum absolute atomic E-state index is 0.00477. The monoisotopic (exact) mass is 276 g/mol. The number of hydrogen-bond acceptors (Lipinski definition) is 3. The number of amides is 1. The minimum atomic E-state index is 0.00477. The Hall–Kier alpha value is -1.71. The van der Waals surface area contributed by atoms with Gasteiger partial charge in [0, 0.05) is 18.8 Å². The van der Waals surface area contributed by atoms with Crippen molar-refractivity contribution >= 4 is 11.6 Å². The molecular formula is C16H24N2O2. The molecule has 1 atom stereocenters. The second-order valence-corrected chi connectivity index (χ2v) is 5.35. The molecule has 110 valence electrons. The third-order valence-electron chi connectivity index (χ3n) is 3.84. The van der Waals surface area contributed by atoms with Gasteiger partial charge in [-0.05, 0) is 37.8 Å². The molecule has 0 saturated carbocycles. The van der Waals surface area contributed by atoms with Gasteiger partial charge in [-0.2, -0.15) is 0 Å². The average Bonchev–Trinajstić information content (AvgIpc) is 2.88. The summed E-state index contributed by atoms with van der Waals surface area (Å²) in [6.45, 7) is 6.29. The van der Waals surface area contributed by atoms with E-state index in [1.807, 2.05) is 24.0 Å². The van der Waals surface area contributed by atoms with Crippen LogP contribution >= 0.6 is 0 Å². The van der Waals surface area contributed by atoms with Crippen molar-refractivity contribution in [2.45, 2.75) is 33.1 Å². The van der Waals surface area contributed by atoms with Crippen molar-refractivity contribution in [3.8, 4) is 5.75 Å². The third-order valence-corrected chi connectivity index (χ3v) is 3.84. The van der Waals surface area contributed by atoms with Crippen molar-refractivity contribution < 1.29 is 9.53 Å². The van der Waals surface area contributed by atoms with E-state index in [9.17, 15) is 4.79 Å². The van der Waals surface area contributed by atoms with E-state index in [4.69, 9.17) is 10.5 Å². The molecule has 1 fully saturated rings. The van der Waals surface area contributed by atoms with Crippen LogP contribution in [0.5, 0.6) is 5.75 Å². The summed E-state index contributed by atoms with van der Waals surface area (Å²) in [5.41, 5.74) is 7.01.